The fourth-order valence-electron chi connectivity index (χ4n) is 1.66. The van der Waals surface area contributed by atoms with Crippen LogP contribution in [0.4, 0.5) is 10.1 Å². The molecule has 0 aliphatic rings. The van der Waals surface area contributed by atoms with Gasteiger partial charge in [0.25, 0.3) is 0 Å². The summed E-state index contributed by atoms with van der Waals surface area (Å²) in [6, 6.07) is 4.63. The molecule has 1 heterocycles. The van der Waals surface area contributed by atoms with Crippen molar-refractivity contribution < 1.29 is 9.13 Å². The lowest BCUT2D eigenvalue weighted by atomic mass is 10.1. The van der Waals surface area contributed by atoms with Gasteiger partial charge in [-0.05, 0) is 53.0 Å². The van der Waals surface area contributed by atoms with Crippen LogP contribution < -0.4 is 10.5 Å². The minimum atomic E-state index is -0.356. The molecule has 0 aliphatic carbocycles. The first-order valence-electron chi connectivity index (χ1n) is 5.77. The number of hydrogen-bond donors (Lipinski definition) is 1. The summed E-state index contributed by atoms with van der Waals surface area (Å²) in [4.78, 5) is 4.29. The smallest absolute Gasteiger partial charge is 0.141 e. The third kappa shape index (κ3) is 3.04. The zero-order valence-corrected chi connectivity index (χ0v) is 12.3. The Morgan fingerprint density at radius 3 is 2.79 bits per heavy atom. The molecule has 0 radical (unpaired) electrons. The number of hydrogen-bond acceptors (Lipinski definition) is 3. The van der Waals surface area contributed by atoms with Crippen molar-refractivity contribution in [1.29, 1.82) is 0 Å². The highest BCUT2D eigenvalue weighted by Gasteiger charge is 2.08. The van der Waals surface area contributed by atoms with E-state index in [1.54, 1.807) is 18.3 Å². The molecule has 0 aliphatic heterocycles. The zero-order valence-electron chi connectivity index (χ0n) is 10.7. The molecule has 0 fully saturated rings. The van der Waals surface area contributed by atoms with E-state index in [9.17, 15) is 4.39 Å². The summed E-state index contributed by atoms with van der Waals surface area (Å²) in [6.45, 7) is 4.07. The van der Waals surface area contributed by atoms with Crippen molar-refractivity contribution in [2.75, 3.05) is 5.73 Å². The molecule has 100 valence electrons. The Bertz CT molecular complexity index is 617. The molecule has 0 unspecified atom stereocenters. The zero-order chi connectivity index (χ0) is 14.0. The van der Waals surface area contributed by atoms with Crippen LogP contribution in [0.25, 0.3) is 0 Å². The standard InChI is InChI=1S/C14H14BrFN2O/c1-8-6-18-13(9(2)14(8)17)7-19-10-3-4-11(15)12(16)5-10/h3-6H,7H2,1-2H3,(H2,17,18). The lowest BCUT2D eigenvalue weighted by Gasteiger charge is -2.11. The first-order valence-corrected chi connectivity index (χ1v) is 6.56. The van der Waals surface area contributed by atoms with Crippen molar-refractivity contribution in [1.82, 2.24) is 4.98 Å². The van der Waals surface area contributed by atoms with Crippen molar-refractivity contribution in [2.45, 2.75) is 20.5 Å². The molecule has 1 aromatic carbocycles. The third-order valence-electron chi connectivity index (χ3n) is 2.94. The van der Waals surface area contributed by atoms with Gasteiger partial charge in [0.1, 0.15) is 18.2 Å². The van der Waals surface area contributed by atoms with Crippen LogP contribution in [-0.2, 0) is 6.61 Å². The van der Waals surface area contributed by atoms with Crippen LogP contribution in [0.5, 0.6) is 5.75 Å². The molecular formula is C14H14BrFN2O. The topological polar surface area (TPSA) is 48.1 Å². The number of aromatic nitrogens is 1. The lowest BCUT2D eigenvalue weighted by Crippen LogP contribution is -2.05. The summed E-state index contributed by atoms with van der Waals surface area (Å²) < 4.78 is 19.3. The molecule has 5 heteroatoms. The fraction of sp³-hybridized carbons (Fsp3) is 0.214. The van der Waals surface area contributed by atoms with Crippen molar-refractivity contribution >= 4 is 21.6 Å². The molecule has 2 rings (SSSR count). The largest absolute Gasteiger partial charge is 0.487 e. The second kappa shape index (κ2) is 5.57. The van der Waals surface area contributed by atoms with E-state index in [1.807, 2.05) is 13.8 Å². The van der Waals surface area contributed by atoms with E-state index in [1.165, 1.54) is 6.07 Å². The Hall–Kier alpha value is -1.62. The maximum atomic E-state index is 13.3. The normalized spacial score (nSPS) is 10.5. The monoisotopic (exact) mass is 324 g/mol. The van der Waals surface area contributed by atoms with Gasteiger partial charge in [0, 0.05) is 18.0 Å². The van der Waals surface area contributed by atoms with E-state index in [0.717, 1.165) is 22.5 Å². The highest BCUT2D eigenvalue weighted by molar-refractivity contribution is 9.10. The van der Waals surface area contributed by atoms with Crippen LogP contribution in [0.3, 0.4) is 0 Å². The summed E-state index contributed by atoms with van der Waals surface area (Å²) in [7, 11) is 0. The van der Waals surface area contributed by atoms with Crippen molar-refractivity contribution in [3.05, 3.63) is 51.5 Å². The van der Waals surface area contributed by atoms with Crippen LogP contribution in [0.15, 0.2) is 28.9 Å². The van der Waals surface area contributed by atoms with Gasteiger partial charge in [-0.3, -0.25) is 4.98 Å². The van der Waals surface area contributed by atoms with Crippen LogP contribution >= 0.6 is 15.9 Å². The third-order valence-corrected chi connectivity index (χ3v) is 3.59. The Balaban J connectivity index is 2.14. The van der Waals surface area contributed by atoms with E-state index in [2.05, 4.69) is 20.9 Å². The molecule has 0 atom stereocenters. The Morgan fingerprint density at radius 2 is 2.11 bits per heavy atom. The molecule has 19 heavy (non-hydrogen) atoms. The molecule has 3 nitrogen and oxygen atoms in total. The molecule has 0 saturated carbocycles. The molecular weight excluding hydrogens is 311 g/mol. The first-order chi connectivity index (χ1) is 8.99. The van der Waals surface area contributed by atoms with Gasteiger partial charge in [0.05, 0.1) is 10.2 Å². The molecule has 0 amide bonds. The first kappa shape index (κ1) is 13.8. The van der Waals surface area contributed by atoms with Gasteiger partial charge >= 0.3 is 0 Å². The maximum absolute atomic E-state index is 13.3. The summed E-state index contributed by atoms with van der Waals surface area (Å²) in [6.07, 6.45) is 1.71. The number of anilines is 1. The molecule has 0 saturated heterocycles. The summed E-state index contributed by atoms with van der Waals surface area (Å²) >= 11 is 3.10. The minimum Gasteiger partial charge on any atom is -0.487 e. The number of rotatable bonds is 3. The highest BCUT2D eigenvalue weighted by Crippen LogP contribution is 2.23. The highest BCUT2D eigenvalue weighted by atomic mass is 79.9. The fourth-order valence-corrected chi connectivity index (χ4v) is 1.90. The molecule has 2 N–H and O–H groups in total. The minimum absolute atomic E-state index is 0.261. The maximum Gasteiger partial charge on any atom is 0.141 e. The second-order valence-electron chi connectivity index (χ2n) is 4.29. The van der Waals surface area contributed by atoms with E-state index in [-0.39, 0.29) is 12.4 Å². The number of nitrogens with zero attached hydrogens (tertiary/aromatic N) is 1. The predicted octanol–water partition coefficient (Wildman–Crippen LogP) is 3.76. The van der Waals surface area contributed by atoms with Crippen LogP contribution in [0.1, 0.15) is 16.8 Å². The van der Waals surface area contributed by atoms with Crippen molar-refractivity contribution in [3.8, 4) is 5.75 Å². The van der Waals surface area contributed by atoms with E-state index >= 15 is 0 Å². The van der Waals surface area contributed by atoms with Gasteiger partial charge in [-0.1, -0.05) is 0 Å². The number of ether oxygens (including phenoxy) is 1. The molecule has 2 aromatic rings. The Labute approximate surface area is 119 Å². The average molecular weight is 325 g/mol. The number of nitrogen functional groups attached to an aromatic ring is 1. The van der Waals surface area contributed by atoms with Gasteiger partial charge in [-0.2, -0.15) is 0 Å². The average Bonchev–Trinajstić information content (AvgIpc) is 2.39. The predicted molar refractivity (Wildman–Crippen MR) is 76.6 cm³/mol. The van der Waals surface area contributed by atoms with Gasteiger partial charge in [0.2, 0.25) is 0 Å². The van der Waals surface area contributed by atoms with Crippen molar-refractivity contribution in [2.24, 2.45) is 0 Å². The Morgan fingerprint density at radius 1 is 1.37 bits per heavy atom. The number of benzene rings is 1. The molecule has 0 spiro atoms. The van der Waals surface area contributed by atoms with Crippen LogP contribution in [0, 0.1) is 19.7 Å². The molecule has 0 bridgehead atoms. The van der Waals surface area contributed by atoms with Gasteiger partial charge in [-0.25, -0.2) is 4.39 Å². The number of aryl methyl sites for hydroxylation is 1. The van der Waals surface area contributed by atoms with Crippen LogP contribution in [-0.4, -0.2) is 4.98 Å². The quantitative estimate of drug-likeness (QED) is 0.935. The SMILES string of the molecule is Cc1cnc(COc2ccc(Br)c(F)c2)c(C)c1N. The number of pyridine rings is 1. The van der Waals surface area contributed by atoms with E-state index < -0.39 is 0 Å². The van der Waals surface area contributed by atoms with Gasteiger partial charge in [-0.15, -0.1) is 0 Å². The number of nitrogens with two attached hydrogens (primary N) is 1. The summed E-state index contributed by atoms with van der Waals surface area (Å²) in [5.74, 6) is 0.103. The summed E-state index contributed by atoms with van der Waals surface area (Å²) in [5.41, 5.74) is 9.25. The molecule has 1 aromatic heterocycles. The number of halogens is 2. The summed E-state index contributed by atoms with van der Waals surface area (Å²) in [5, 5.41) is 0. The van der Waals surface area contributed by atoms with E-state index in [4.69, 9.17) is 10.5 Å². The second-order valence-corrected chi connectivity index (χ2v) is 5.15. The Kier molecular flexibility index (Phi) is 4.04. The van der Waals surface area contributed by atoms with Gasteiger partial charge < -0.3 is 10.5 Å². The lowest BCUT2D eigenvalue weighted by molar-refractivity contribution is 0.299. The van der Waals surface area contributed by atoms with Gasteiger partial charge in [0.15, 0.2) is 0 Å². The van der Waals surface area contributed by atoms with Crippen molar-refractivity contribution in [3.63, 3.8) is 0 Å². The van der Waals surface area contributed by atoms with E-state index in [0.29, 0.717) is 10.2 Å². The van der Waals surface area contributed by atoms with Crippen LogP contribution in [0.2, 0.25) is 0 Å².